The van der Waals surface area contributed by atoms with Crippen LogP contribution in [-0.4, -0.2) is 14.9 Å². The van der Waals surface area contributed by atoms with Gasteiger partial charge in [0.25, 0.3) is 0 Å². The van der Waals surface area contributed by atoms with Crippen molar-refractivity contribution in [2.75, 3.05) is 0 Å². The van der Waals surface area contributed by atoms with Crippen molar-refractivity contribution in [3.05, 3.63) is 65.7 Å². The summed E-state index contributed by atoms with van der Waals surface area (Å²) in [6.07, 6.45) is 0.808. The Morgan fingerprint density at radius 2 is 1.84 bits per heavy atom. The monoisotopic (exact) mass is 256 g/mol. The molecule has 0 spiro atoms. The second-order valence-corrected chi connectivity index (χ2v) is 4.46. The Labute approximate surface area is 109 Å². The fourth-order valence-corrected chi connectivity index (χ4v) is 2.34. The number of aromatic nitrogens is 2. The Bertz CT molecular complexity index is 736. The molecule has 2 aromatic carbocycles. The first-order valence-electron chi connectivity index (χ1n) is 6.01. The molecule has 1 N–H and O–H groups in total. The molecule has 96 valence electrons. The summed E-state index contributed by atoms with van der Waals surface area (Å²) in [5, 5.41) is 15.7. The van der Waals surface area contributed by atoms with Gasteiger partial charge in [0.1, 0.15) is 11.9 Å². The number of hydrogen-bond donors (Lipinski definition) is 1. The summed E-state index contributed by atoms with van der Waals surface area (Å²) >= 11 is 0. The molecular formula is C15H13FN2O. The van der Waals surface area contributed by atoms with Crippen molar-refractivity contribution < 1.29 is 9.50 Å². The third-order valence-corrected chi connectivity index (χ3v) is 3.34. The van der Waals surface area contributed by atoms with E-state index in [0.29, 0.717) is 16.6 Å². The second-order valence-electron chi connectivity index (χ2n) is 4.46. The molecule has 3 rings (SSSR count). The number of halogens is 1. The minimum absolute atomic E-state index is 0.281. The van der Waals surface area contributed by atoms with Gasteiger partial charge in [-0.2, -0.15) is 5.10 Å². The largest absolute Gasteiger partial charge is 0.382 e. The molecule has 0 fully saturated rings. The van der Waals surface area contributed by atoms with Gasteiger partial charge in [0, 0.05) is 18.6 Å². The molecular weight excluding hydrogens is 243 g/mol. The Balaban J connectivity index is 2.21. The van der Waals surface area contributed by atoms with Gasteiger partial charge < -0.3 is 5.11 Å². The summed E-state index contributed by atoms with van der Waals surface area (Å²) in [6, 6.07) is 11.9. The molecule has 0 saturated heterocycles. The fourth-order valence-electron chi connectivity index (χ4n) is 2.34. The predicted molar refractivity (Wildman–Crippen MR) is 71.2 cm³/mol. The highest BCUT2D eigenvalue weighted by Gasteiger charge is 2.17. The van der Waals surface area contributed by atoms with Crippen molar-refractivity contribution >= 4 is 10.8 Å². The summed E-state index contributed by atoms with van der Waals surface area (Å²) in [6.45, 7) is 0. The highest BCUT2D eigenvalue weighted by atomic mass is 19.1. The van der Waals surface area contributed by atoms with E-state index in [1.807, 2.05) is 12.1 Å². The first-order chi connectivity index (χ1) is 9.18. The third kappa shape index (κ3) is 1.90. The van der Waals surface area contributed by atoms with Crippen LogP contribution in [0, 0.1) is 5.82 Å². The average Bonchev–Trinajstić information content (AvgIpc) is 2.85. The molecule has 3 aromatic rings. The standard InChI is InChI=1S/C15H13FN2O/c1-18-14(8-9-17-18)15(19)12-6-7-13(16)11-5-3-2-4-10(11)12/h2-9,15,19H,1H3. The number of benzene rings is 2. The van der Waals surface area contributed by atoms with Crippen molar-refractivity contribution in [3.8, 4) is 0 Å². The van der Waals surface area contributed by atoms with E-state index in [-0.39, 0.29) is 5.82 Å². The van der Waals surface area contributed by atoms with Crippen molar-refractivity contribution in [2.24, 2.45) is 7.05 Å². The van der Waals surface area contributed by atoms with Gasteiger partial charge in [0.15, 0.2) is 0 Å². The molecule has 4 heteroatoms. The van der Waals surface area contributed by atoms with Crippen LogP contribution in [0.5, 0.6) is 0 Å². The summed E-state index contributed by atoms with van der Waals surface area (Å²) < 4.78 is 15.4. The number of hydrogen-bond acceptors (Lipinski definition) is 2. The minimum atomic E-state index is -0.821. The maximum absolute atomic E-state index is 13.8. The highest BCUT2D eigenvalue weighted by molar-refractivity contribution is 5.86. The molecule has 0 bridgehead atoms. The minimum Gasteiger partial charge on any atom is -0.382 e. The first-order valence-corrected chi connectivity index (χ1v) is 6.01. The zero-order chi connectivity index (χ0) is 13.4. The van der Waals surface area contributed by atoms with Crippen LogP contribution in [0.1, 0.15) is 17.4 Å². The maximum atomic E-state index is 13.8. The molecule has 3 nitrogen and oxygen atoms in total. The summed E-state index contributed by atoms with van der Waals surface area (Å²) in [5.41, 5.74) is 1.36. The van der Waals surface area contributed by atoms with Gasteiger partial charge in [-0.25, -0.2) is 4.39 Å². The average molecular weight is 256 g/mol. The van der Waals surface area contributed by atoms with Gasteiger partial charge in [-0.05, 0) is 23.1 Å². The molecule has 0 aliphatic heterocycles. The van der Waals surface area contributed by atoms with Crippen LogP contribution >= 0.6 is 0 Å². The van der Waals surface area contributed by atoms with Gasteiger partial charge in [-0.15, -0.1) is 0 Å². The quantitative estimate of drug-likeness (QED) is 0.765. The lowest BCUT2D eigenvalue weighted by molar-refractivity contribution is 0.211. The van der Waals surface area contributed by atoms with Gasteiger partial charge in [-0.3, -0.25) is 4.68 Å². The highest BCUT2D eigenvalue weighted by Crippen LogP contribution is 2.29. The van der Waals surface area contributed by atoms with Gasteiger partial charge >= 0.3 is 0 Å². The number of aliphatic hydroxyl groups is 1. The van der Waals surface area contributed by atoms with Gasteiger partial charge in [0.2, 0.25) is 0 Å². The zero-order valence-electron chi connectivity index (χ0n) is 10.4. The number of rotatable bonds is 2. The number of fused-ring (bicyclic) bond motifs is 1. The smallest absolute Gasteiger partial charge is 0.131 e. The van der Waals surface area contributed by atoms with Crippen molar-refractivity contribution in [1.82, 2.24) is 9.78 Å². The van der Waals surface area contributed by atoms with Crippen LogP contribution in [0.15, 0.2) is 48.7 Å². The molecule has 0 saturated carbocycles. The second kappa shape index (κ2) is 4.48. The molecule has 1 heterocycles. The van der Waals surface area contributed by atoms with Crippen molar-refractivity contribution in [2.45, 2.75) is 6.10 Å². The summed E-state index contributed by atoms with van der Waals surface area (Å²) in [7, 11) is 1.77. The molecule has 0 aliphatic carbocycles. The van der Waals surface area contributed by atoms with E-state index in [1.54, 1.807) is 42.2 Å². The van der Waals surface area contributed by atoms with E-state index in [2.05, 4.69) is 5.10 Å². The molecule has 19 heavy (non-hydrogen) atoms. The lowest BCUT2D eigenvalue weighted by Gasteiger charge is -2.14. The van der Waals surface area contributed by atoms with Crippen LogP contribution in [0.3, 0.4) is 0 Å². The number of aryl methyl sites for hydroxylation is 1. The Morgan fingerprint density at radius 1 is 1.11 bits per heavy atom. The third-order valence-electron chi connectivity index (χ3n) is 3.34. The number of nitrogens with zero attached hydrogens (tertiary/aromatic N) is 2. The lowest BCUT2D eigenvalue weighted by atomic mass is 9.98. The summed E-state index contributed by atoms with van der Waals surface area (Å²) in [5.74, 6) is -0.281. The zero-order valence-corrected chi connectivity index (χ0v) is 10.4. The lowest BCUT2D eigenvalue weighted by Crippen LogP contribution is -2.07. The molecule has 0 aliphatic rings. The van der Waals surface area contributed by atoms with Crippen LogP contribution in [0.25, 0.3) is 10.8 Å². The van der Waals surface area contributed by atoms with Crippen LogP contribution < -0.4 is 0 Å². The van der Waals surface area contributed by atoms with Crippen LogP contribution in [0.2, 0.25) is 0 Å². The van der Waals surface area contributed by atoms with E-state index in [9.17, 15) is 9.50 Å². The Morgan fingerprint density at radius 3 is 2.53 bits per heavy atom. The molecule has 1 unspecified atom stereocenters. The van der Waals surface area contributed by atoms with E-state index < -0.39 is 6.10 Å². The van der Waals surface area contributed by atoms with Gasteiger partial charge in [0.05, 0.1) is 5.69 Å². The molecule has 0 amide bonds. The Hall–Kier alpha value is -2.20. The number of aliphatic hydroxyl groups excluding tert-OH is 1. The van der Waals surface area contributed by atoms with E-state index in [4.69, 9.17) is 0 Å². The molecule has 1 aromatic heterocycles. The van der Waals surface area contributed by atoms with Crippen LogP contribution in [-0.2, 0) is 7.05 Å². The maximum Gasteiger partial charge on any atom is 0.131 e. The topological polar surface area (TPSA) is 38.0 Å². The van der Waals surface area contributed by atoms with E-state index in [1.165, 1.54) is 6.07 Å². The normalized spacial score (nSPS) is 12.8. The predicted octanol–water partition coefficient (Wildman–Crippen LogP) is 2.79. The fraction of sp³-hybridized carbons (Fsp3) is 0.133. The van der Waals surface area contributed by atoms with E-state index in [0.717, 1.165) is 5.39 Å². The van der Waals surface area contributed by atoms with Gasteiger partial charge in [-0.1, -0.05) is 30.3 Å². The Kier molecular flexibility index (Phi) is 2.80. The van der Waals surface area contributed by atoms with Crippen LogP contribution in [0.4, 0.5) is 4.39 Å². The van der Waals surface area contributed by atoms with E-state index >= 15 is 0 Å². The SMILES string of the molecule is Cn1nccc1C(O)c1ccc(F)c2ccccc12. The first kappa shape index (κ1) is 11.9. The summed E-state index contributed by atoms with van der Waals surface area (Å²) in [4.78, 5) is 0. The molecule has 1 atom stereocenters. The van der Waals surface area contributed by atoms with Crippen molar-refractivity contribution in [1.29, 1.82) is 0 Å². The van der Waals surface area contributed by atoms with Crippen molar-refractivity contribution in [3.63, 3.8) is 0 Å². The molecule has 0 radical (unpaired) electrons.